The van der Waals surface area contributed by atoms with Gasteiger partial charge in [-0.15, -0.1) is 0 Å². The largest absolute Gasteiger partial charge is 0.301 e. The van der Waals surface area contributed by atoms with E-state index in [0.29, 0.717) is 5.92 Å². The second-order valence-corrected chi connectivity index (χ2v) is 5.85. The minimum absolute atomic E-state index is 0.160. The van der Waals surface area contributed by atoms with Gasteiger partial charge < -0.3 is 0 Å². The smallest absolute Gasteiger partial charge is 0.271 e. The lowest BCUT2D eigenvalue weighted by Gasteiger charge is -2.07. The van der Waals surface area contributed by atoms with Crippen LogP contribution in [0.5, 0.6) is 0 Å². The topological polar surface area (TPSA) is 111 Å². The zero-order chi connectivity index (χ0) is 16.6. The average molecular weight is 316 g/mol. The molecule has 2 aliphatic carbocycles. The van der Waals surface area contributed by atoms with Gasteiger partial charge in [-0.1, -0.05) is 12.5 Å². The van der Waals surface area contributed by atoms with Crippen LogP contribution in [0.15, 0.2) is 34.4 Å². The van der Waals surface area contributed by atoms with Crippen LogP contribution in [-0.4, -0.2) is 15.6 Å². The van der Waals surface area contributed by atoms with Crippen LogP contribution >= 0.6 is 0 Å². The van der Waals surface area contributed by atoms with Crippen LogP contribution in [0.1, 0.15) is 32.6 Å². The Morgan fingerprint density at radius 1 is 1.22 bits per heavy atom. The molecule has 8 heteroatoms. The molecule has 1 aromatic carbocycles. The lowest BCUT2D eigenvalue weighted by molar-refractivity contribution is -0.393. The number of nitro benzene ring substituents is 2. The lowest BCUT2D eigenvalue weighted by Crippen LogP contribution is -2.04. The maximum absolute atomic E-state index is 11.1. The zero-order valence-electron chi connectivity index (χ0n) is 12.6. The van der Waals surface area contributed by atoms with Gasteiger partial charge in [-0.2, -0.15) is 5.10 Å². The van der Waals surface area contributed by atoms with Gasteiger partial charge in [0.25, 0.3) is 5.69 Å². The lowest BCUT2D eigenvalue weighted by atomic mass is 10.0. The molecule has 3 rings (SSSR count). The van der Waals surface area contributed by atoms with Crippen LogP contribution in [-0.2, 0) is 0 Å². The van der Waals surface area contributed by atoms with Crippen LogP contribution in [0.3, 0.4) is 0 Å². The van der Waals surface area contributed by atoms with Crippen molar-refractivity contribution in [2.24, 2.45) is 11.0 Å². The Kier molecular flexibility index (Phi) is 3.81. The second-order valence-electron chi connectivity index (χ2n) is 5.85. The maximum Gasteiger partial charge on any atom is 0.301 e. The van der Waals surface area contributed by atoms with E-state index < -0.39 is 9.85 Å². The fourth-order valence-corrected chi connectivity index (χ4v) is 3.30. The van der Waals surface area contributed by atoms with Crippen molar-refractivity contribution in [3.05, 3.63) is 49.6 Å². The highest BCUT2D eigenvalue weighted by atomic mass is 16.6. The van der Waals surface area contributed by atoms with Gasteiger partial charge in [0.15, 0.2) is 0 Å². The van der Waals surface area contributed by atoms with Crippen LogP contribution < -0.4 is 5.43 Å². The minimum atomic E-state index is -0.656. The first-order valence-electron chi connectivity index (χ1n) is 7.45. The fraction of sp³-hybridized carbons (Fsp3) is 0.400. The highest BCUT2D eigenvalue weighted by molar-refractivity contribution is 6.04. The molecular weight excluding hydrogens is 300 g/mol. The molecule has 0 aromatic heterocycles. The molecule has 1 N–H and O–H groups in total. The molecule has 0 bridgehead atoms. The average Bonchev–Trinajstić information content (AvgIpc) is 3.09. The molecule has 0 saturated carbocycles. The summed E-state index contributed by atoms with van der Waals surface area (Å²) in [6.07, 6.45) is 4.07. The van der Waals surface area contributed by atoms with E-state index in [1.54, 1.807) is 0 Å². The van der Waals surface area contributed by atoms with Gasteiger partial charge >= 0.3 is 5.69 Å². The van der Waals surface area contributed by atoms with Crippen LogP contribution in [0, 0.1) is 26.1 Å². The normalized spacial score (nSPS) is 21.6. The van der Waals surface area contributed by atoms with Crippen LogP contribution in [0.4, 0.5) is 17.1 Å². The molecule has 2 aliphatic rings. The third-order valence-electron chi connectivity index (χ3n) is 4.40. The summed E-state index contributed by atoms with van der Waals surface area (Å²) < 4.78 is 0. The maximum atomic E-state index is 11.1. The fourth-order valence-electron chi connectivity index (χ4n) is 3.30. The highest BCUT2D eigenvalue weighted by Gasteiger charge is 2.30. The molecule has 0 unspecified atom stereocenters. The van der Waals surface area contributed by atoms with Gasteiger partial charge in [0, 0.05) is 6.07 Å². The first kappa shape index (κ1) is 15.1. The van der Waals surface area contributed by atoms with E-state index in [9.17, 15) is 20.2 Å². The van der Waals surface area contributed by atoms with Crippen molar-refractivity contribution in [2.75, 3.05) is 5.43 Å². The summed E-state index contributed by atoms with van der Waals surface area (Å²) in [5.41, 5.74) is 5.88. The molecule has 0 radical (unpaired) electrons. The van der Waals surface area contributed by atoms with Gasteiger partial charge in [-0.3, -0.25) is 25.7 Å². The van der Waals surface area contributed by atoms with Gasteiger partial charge in [-0.05, 0) is 43.2 Å². The van der Waals surface area contributed by atoms with E-state index in [-0.39, 0.29) is 17.1 Å². The summed E-state index contributed by atoms with van der Waals surface area (Å²) in [6.45, 7) is 2.16. The third kappa shape index (κ3) is 2.79. The van der Waals surface area contributed by atoms with E-state index >= 15 is 0 Å². The summed E-state index contributed by atoms with van der Waals surface area (Å²) in [4.78, 5) is 20.6. The Balaban J connectivity index is 1.88. The van der Waals surface area contributed by atoms with Gasteiger partial charge in [0.2, 0.25) is 0 Å². The van der Waals surface area contributed by atoms with Crippen molar-refractivity contribution < 1.29 is 9.85 Å². The number of nitro groups is 2. The molecule has 23 heavy (non-hydrogen) atoms. The number of allylic oxidation sites excluding steroid dienone is 2. The Morgan fingerprint density at radius 3 is 2.70 bits per heavy atom. The number of nitrogens with one attached hydrogen (secondary N) is 1. The number of rotatable bonds is 4. The van der Waals surface area contributed by atoms with Gasteiger partial charge in [0.05, 0.1) is 21.6 Å². The molecule has 0 spiro atoms. The van der Waals surface area contributed by atoms with E-state index in [2.05, 4.69) is 17.5 Å². The highest BCUT2D eigenvalue weighted by Crippen LogP contribution is 2.41. The standard InChI is InChI=1S/C15H16N4O4/c1-9-7-14(12-4-2-3-11(9)12)17-16-13-6-5-10(18(20)21)8-15(13)19(22)23/h5-6,8-9,16H,2-4,7H2,1H3/b17-14-/t9-/m1/s1. The molecule has 0 saturated heterocycles. The number of nitrogens with zero attached hydrogens (tertiary/aromatic N) is 3. The van der Waals surface area contributed by atoms with Crippen molar-refractivity contribution in [2.45, 2.75) is 32.6 Å². The van der Waals surface area contributed by atoms with Crippen molar-refractivity contribution in [3.8, 4) is 0 Å². The van der Waals surface area contributed by atoms with Crippen molar-refractivity contribution in [3.63, 3.8) is 0 Å². The number of hydrazone groups is 1. The van der Waals surface area contributed by atoms with Crippen molar-refractivity contribution in [1.82, 2.24) is 0 Å². The Hall–Kier alpha value is -2.77. The van der Waals surface area contributed by atoms with Gasteiger partial charge in [-0.25, -0.2) is 0 Å². The SMILES string of the molecule is C[C@@H]1C/C(=N/Nc2ccc([N+](=O)[O-])cc2[N+](=O)[O-])C2=C1CCC2. The summed E-state index contributed by atoms with van der Waals surface area (Å²) in [5.74, 6) is 0.472. The van der Waals surface area contributed by atoms with E-state index in [0.717, 1.165) is 37.5 Å². The number of anilines is 1. The Labute approximate surface area is 132 Å². The van der Waals surface area contributed by atoms with Crippen LogP contribution in [0.25, 0.3) is 0 Å². The van der Waals surface area contributed by atoms with Crippen molar-refractivity contribution >= 4 is 22.8 Å². The van der Waals surface area contributed by atoms with E-state index in [4.69, 9.17) is 0 Å². The molecule has 120 valence electrons. The number of non-ortho nitro benzene ring substituents is 1. The van der Waals surface area contributed by atoms with Gasteiger partial charge in [0.1, 0.15) is 5.69 Å². The molecule has 0 amide bonds. The summed E-state index contributed by atoms with van der Waals surface area (Å²) in [7, 11) is 0. The predicted octanol–water partition coefficient (Wildman–Crippen LogP) is 3.79. The molecular formula is C15H16N4O4. The van der Waals surface area contributed by atoms with Crippen molar-refractivity contribution in [1.29, 1.82) is 0 Å². The molecule has 0 fully saturated rings. The zero-order valence-corrected chi connectivity index (χ0v) is 12.6. The summed E-state index contributed by atoms with van der Waals surface area (Å²) in [5, 5.41) is 26.2. The molecule has 0 aliphatic heterocycles. The minimum Gasteiger partial charge on any atom is -0.271 e. The molecule has 8 nitrogen and oxygen atoms in total. The summed E-state index contributed by atoms with van der Waals surface area (Å²) in [6, 6.07) is 3.50. The summed E-state index contributed by atoms with van der Waals surface area (Å²) >= 11 is 0. The monoisotopic (exact) mass is 316 g/mol. The molecule has 1 aromatic rings. The number of hydrogen-bond donors (Lipinski definition) is 1. The molecule has 0 heterocycles. The predicted molar refractivity (Wildman–Crippen MR) is 85.5 cm³/mol. The third-order valence-corrected chi connectivity index (χ3v) is 4.40. The Bertz CT molecular complexity index is 754. The number of benzene rings is 1. The quantitative estimate of drug-likeness (QED) is 0.671. The first-order chi connectivity index (χ1) is 11.0. The van der Waals surface area contributed by atoms with E-state index in [1.165, 1.54) is 23.3 Å². The second kappa shape index (κ2) is 5.79. The van der Waals surface area contributed by atoms with E-state index in [1.807, 2.05) is 0 Å². The Morgan fingerprint density at radius 2 is 2.00 bits per heavy atom. The molecule has 1 atom stereocenters. The number of hydrogen-bond acceptors (Lipinski definition) is 6. The first-order valence-corrected chi connectivity index (χ1v) is 7.45. The van der Waals surface area contributed by atoms with Crippen LogP contribution in [0.2, 0.25) is 0 Å².